The standard InChI is InChI=1S/C17H10FNS/c18-15-7-12(11-19)8-17(10-15)20-16-6-5-13-3-1-2-4-14(13)9-16/h1-10H. The van der Waals surface area contributed by atoms with Crippen molar-refractivity contribution in [3.63, 3.8) is 0 Å². The predicted octanol–water partition coefficient (Wildman–Crippen LogP) is 5.00. The highest BCUT2D eigenvalue weighted by Gasteiger charge is 2.03. The predicted molar refractivity (Wildman–Crippen MR) is 79.2 cm³/mol. The highest BCUT2D eigenvalue weighted by Crippen LogP contribution is 2.31. The molecule has 0 saturated heterocycles. The molecule has 3 rings (SSSR count). The maximum atomic E-state index is 13.4. The maximum absolute atomic E-state index is 13.4. The van der Waals surface area contributed by atoms with Gasteiger partial charge in [-0.25, -0.2) is 4.39 Å². The topological polar surface area (TPSA) is 23.8 Å². The van der Waals surface area contributed by atoms with Crippen LogP contribution in [0.4, 0.5) is 4.39 Å². The molecule has 0 N–H and O–H groups in total. The van der Waals surface area contributed by atoms with Gasteiger partial charge in [-0.15, -0.1) is 0 Å². The number of fused-ring (bicyclic) bond motifs is 1. The van der Waals surface area contributed by atoms with Crippen LogP contribution in [0.25, 0.3) is 10.8 Å². The van der Waals surface area contributed by atoms with Gasteiger partial charge in [0.05, 0.1) is 11.6 Å². The number of nitrogens with zero attached hydrogens (tertiary/aromatic N) is 1. The molecule has 1 nitrogen and oxygen atoms in total. The Morgan fingerprint density at radius 2 is 1.65 bits per heavy atom. The summed E-state index contributed by atoms with van der Waals surface area (Å²) in [5, 5.41) is 11.2. The summed E-state index contributed by atoms with van der Waals surface area (Å²) in [4.78, 5) is 1.76. The Bertz CT molecular complexity index is 821. The van der Waals surface area contributed by atoms with Gasteiger partial charge in [-0.2, -0.15) is 5.26 Å². The fourth-order valence-corrected chi connectivity index (χ4v) is 3.00. The van der Waals surface area contributed by atoms with Crippen molar-refractivity contribution in [3.05, 3.63) is 72.0 Å². The molecule has 0 aliphatic heterocycles. The van der Waals surface area contributed by atoms with Crippen LogP contribution in [0, 0.1) is 17.1 Å². The first-order chi connectivity index (χ1) is 9.74. The molecule has 3 aromatic rings. The van der Waals surface area contributed by atoms with Gasteiger partial charge in [0.25, 0.3) is 0 Å². The number of benzene rings is 3. The molecule has 0 amide bonds. The lowest BCUT2D eigenvalue weighted by Gasteiger charge is -2.04. The number of hydrogen-bond acceptors (Lipinski definition) is 2. The lowest BCUT2D eigenvalue weighted by atomic mass is 10.1. The molecule has 0 radical (unpaired) electrons. The third-order valence-corrected chi connectivity index (χ3v) is 3.92. The Kier molecular flexibility index (Phi) is 3.41. The Labute approximate surface area is 120 Å². The van der Waals surface area contributed by atoms with E-state index in [0.29, 0.717) is 5.56 Å². The van der Waals surface area contributed by atoms with Gasteiger partial charge in [0.1, 0.15) is 5.82 Å². The summed E-state index contributed by atoms with van der Waals surface area (Å²) in [6, 6.07) is 20.6. The molecular formula is C17H10FNS. The van der Waals surface area contributed by atoms with Gasteiger partial charge in [-0.05, 0) is 41.1 Å². The van der Waals surface area contributed by atoms with E-state index in [9.17, 15) is 4.39 Å². The zero-order chi connectivity index (χ0) is 13.9. The molecular weight excluding hydrogens is 269 g/mol. The fraction of sp³-hybridized carbons (Fsp3) is 0. The Morgan fingerprint density at radius 1 is 0.850 bits per heavy atom. The van der Waals surface area contributed by atoms with Gasteiger partial charge < -0.3 is 0 Å². The van der Waals surface area contributed by atoms with E-state index in [-0.39, 0.29) is 5.82 Å². The molecule has 0 aliphatic rings. The second kappa shape index (κ2) is 5.36. The lowest BCUT2D eigenvalue weighted by Crippen LogP contribution is -1.82. The van der Waals surface area contributed by atoms with Crippen LogP contribution < -0.4 is 0 Å². The summed E-state index contributed by atoms with van der Waals surface area (Å²) in [6.07, 6.45) is 0. The molecule has 3 aromatic carbocycles. The van der Waals surface area contributed by atoms with Gasteiger partial charge in [-0.1, -0.05) is 42.1 Å². The van der Waals surface area contributed by atoms with Crippen LogP contribution in [0.15, 0.2) is 70.5 Å². The van der Waals surface area contributed by atoms with E-state index in [1.165, 1.54) is 29.3 Å². The molecule has 0 atom stereocenters. The highest BCUT2D eigenvalue weighted by atomic mass is 32.2. The Hall–Kier alpha value is -2.31. The van der Waals surface area contributed by atoms with Crippen molar-refractivity contribution in [2.24, 2.45) is 0 Å². The third kappa shape index (κ3) is 2.66. The van der Waals surface area contributed by atoms with Crippen molar-refractivity contribution < 1.29 is 4.39 Å². The van der Waals surface area contributed by atoms with Crippen LogP contribution in [0.3, 0.4) is 0 Å². The van der Waals surface area contributed by atoms with Crippen molar-refractivity contribution in [1.82, 2.24) is 0 Å². The molecule has 3 heteroatoms. The summed E-state index contributed by atoms with van der Waals surface area (Å²) < 4.78 is 13.4. The molecule has 96 valence electrons. The van der Waals surface area contributed by atoms with E-state index in [2.05, 4.69) is 12.1 Å². The maximum Gasteiger partial charge on any atom is 0.125 e. The zero-order valence-electron chi connectivity index (χ0n) is 10.5. The second-order valence-electron chi connectivity index (χ2n) is 4.40. The highest BCUT2D eigenvalue weighted by molar-refractivity contribution is 7.99. The Balaban J connectivity index is 1.97. The monoisotopic (exact) mass is 279 g/mol. The molecule has 20 heavy (non-hydrogen) atoms. The van der Waals surface area contributed by atoms with E-state index >= 15 is 0 Å². The van der Waals surface area contributed by atoms with Gasteiger partial charge in [0, 0.05) is 9.79 Å². The molecule has 0 bridgehead atoms. The van der Waals surface area contributed by atoms with E-state index in [0.717, 1.165) is 15.2 Å². The summed E-state index contributed by atoms with van der Waals surface area (Å²) in [5.41, 5.74) is 0.341. The average molecular weight is 279 g/mol. The smallest absolute Gasteiger partial charge is 0.125 e. The van der Waals surface area contributed by atoms with Crippen molar-refractivity contribution >= 4 is 22.5 Å². The van der Waals surface area contributed by atoms with Crippen molar-refractivity contribution in [2.75, 3.05) is 0 Å². The van der Waals surface area contributed by atoms with Crippen LogP contribution in [0.2, 0.25) is 0 Å². The van der Waals surface area contributed by atoms with E-state index in [1.54, 1.807) is 6.07 Å². The average Bonchev–Trinajstić information content (AvgIpc) is 2.46. The summed E-state index contributed by atoms with van der Waals surface area (Å²) >= 11 is 1.46. The molecule has 0 saturated carbocycles. The van der Waals surface area contributed by atoms with Gasteiger partial charge in [0.15, 0.2) is 0 Å². The summed E-state index contributed by atoms with van der Waals surface area (Å²) in [6.45, 7) is 0. The molecule has 0 spiro atoms. The molecule has 0 unspecified atom stereocenters. The molecule has 0 heterocycles. The van der Waals surface area contributed by atoms with Crippen molar-refractivity contribution in [2.45, 2.75) is 9.79 Å². The van der Waals surface area contributed by atoms with Gasteiger partial charge >= 0.3 is 0 Å². The Morgan fingerprint density at radius 3 is 2.45 bits per heavy atom. The van der Waals surface area contributed by atoms with Crippen molar-refractivity contribution in [3.8, 4) is 6.07 Å². The fourth-order valence-electron chi connectivity index (χ4n) is 2.05. The van der Waals surface area contributed by atoms with E-state index in [4.69, 9.17) is 5.26 Å². The van der Waals surface area contributed by atoms with Crippen LogP contribution in [-0.4, -0.2) is 0 Å². The van der Waals surface area contributed by atoms with E-state index in [1.807, 2.05) is 36.4 Å². The minimum atomic E-state index is -0.382. The summed E-state index contributed by atoms with van der Waals surface area (Å²) in [7, 11) is 0. The minimum absolute atomic E-state index is 0.341. The van der Waals surface area contributed by atoms with Crippen LogP contribution >= 0.6 is 11.8 Å². The molecule has 0 aliphatic carbocycles. The third-order valence-electron chi connectivity index (χ3n) is 2.96. The number of rotatable bonds is 2. The van der Waals surface area contributed by atoms with Crippen LogP contribution in [0.1, 0.15) is 5.56 Å². The largest absolute Gasteiger partial charge is 0.207 e. The van der Waals surface area contributed by atoms with Crippen molar-refractivity contribution in [1.29, 1.82) is 5.26 Å². The number of nitriles is 1. The normalized spacial score (nSPS) is 10.4. The molecule has 0 fully saturated rings. The van der Waals surface area contributed by atoms with Crippen LogP contribution in [0.5, 0.6) is 0 Å². The quantitative estimate of drug-likeness (QED) is 0.659. The zero-order valence-corrected chi connectivity index (χ0v) is 11.3. The first-order valence-corrected chi connectivity index (χ1v) is 6.93. The van der Waals surface area contributed by atoms with E-state index < -0.39 is 0 Å². The first kappa shape index (κ1) is 12.7. The number of hydrogen-bond donors (Lipinski definition) is 0. The van der Waals surface area contributed by atoms with Gasteiger partial charge in [0.2, 0.25) is 0 Å². The summed E-state index contributed by atoms with van der Waals surface area (Å²) in [5.74, 6) is -0.382. The minimum Gasteiger partial charge on any atom is -0.207 e. The first-order valence-electron chi connectivity index (χ1n) is 6.12. The van der Waals surface area contributed by atoms with Crippen LogP contribution in [-0.2, 0) is 0 Å². The second-order valence-corrected chi connectivity index (χ2v) is 5.55. The van der Waals surface area contributed by atoms with Gasteiger partial charge in [-0.3, -0.25) is 0 Å². The molecule has 0 aromatic heterocycles. The lowest BCUT2D eigenvalue weighted by molar-refractivity contribution is 0.623. The SMILES string of the molecule is N#Cc1cc(F)cc(Sc2ccc3ccccc3c2)c1. The number of halogens is 1.